The van der Waals surface area contributed by atoms with Gasteiger partial charge < -0.3 is 9.47 Å². The maximum absolute atomic E-state index is 11.3. The van der Waals surface area contributed by atoms with Gasteiger partial charge in [-0.2, -0.15) is 0 Å². The first-order valence-corrected chi connectivity index (χ1v) is 8.39. The Kier molecular flexibility index (Phi) is 12.8. The molecule has 0 aromatic heterocycles. The number of rotatable bonds is 12. The molecule has 120 valence electrons. The molecule has 0 bridgehead atoms. The van der Waals surface area contributed by atoms with Crippen LogP contribution in [0.3, 0.4) is 0 Å². The predicted molar refractivity (Wildman–Crippen MR) is 83.9 cm³/mol. The molecule has 0 radical (unpaired) electrons. The maximum Gasteiger partial charge on any atom is 0.508 e. The van der Waals surface area contributed by atoms with E-state index in [1.54, 1.807) is 0 Å². The third-order valence-corrected chi connectivity index (χ3v) is 3.69. The summed E-state index contributed by atoms with van der Waals surface area (Å²) in [6, 6.07) is 0. The minimum Gasteiger partial charge on any atom is -0.434 e. The van der Waals surface area contributed by atoms with Gasteiger partial charge in [-0.25, -0.2) is 4.79 Å². The highest BCUT2D eigenvalue weighted by molar-refractivity contribution is 5.59. The Hall–Kier alpha value is -0.730. The van der Waals surface area contributed by atoms with E-state index < -0.39 is 6.16 Å². The van der Waals surface area contributed by atoms with Gasteiger partial charge in [-0.3, -0.25) is 0 Å². The van der Waals surface area contributed by atoms with Gasteiger partial charge >= 0.3 is 6.16 Å². The third-order valence-electron chi connectivity index (χ3n) is 3.69. The SMILES string of the molecule is CCCC(C)CCCOC(=O)OCCCC(C)CCC. The molecule has 3 nitrogen and oxygen atoms in total. The Labute approximate surface area is 125 Å². The average Bonchev–Trinajstić information content (AvgIpc) is 2.40. The van der Waals surface area contributed by atoms with E-state index in [9.17, 15) is 4.79 Å². The maximum atomic E-state index is 11.3. The van der Waals surface area contributed by atoms with Crippen LogP contribution in [0.4, 0.5) is 4.79 Å². The first-order chi connectivity index (χ1) is 9.60. The van der Waals surface area contributed by atoms with Gasteiger partial charge in [0.05, 0.1) is 13.2 Å². The van der Waals surface area contributed by atoms with E-state index >= 15 is 0 Å². The summed E-state index contributed by atoms with van der Waals surface area (Å²) in [4.78, 5) is 11.3. The van der Waals surface area contributed by atoms with Gasteiger partial charge in [-0.15, -0.1) is 0 Å². The molecule has 0 aliphatic rings. The topological polar surface area (TPSA) is 35.5 Å². The van der Waals surface area contributed by atoms with Gasteiger partial charge in [0.15, 0.2) is 0 Å². The summed E-state index contributed by atoms with van der Waals surface area (Å²) in [5.74, 6) is 1.44. The summed E-state index contributed by atoms with van der Waals surface area (Å²) in [6.07, 6.45) is 8.55. The zero-order chi connectivity index (χ0) is 15.2. The monoisotopic (exact) mass is 286 g/mol. The summed E-state index contributed by atoms with van der Waals surface area (Å²) in [6.45, 7) is 9.87. The standard InChI is InChI=1S/C17H34O3/c1-5-9-15(3)11-7-13-19-17(18)20-14-8-12-16(4)10-6-2/h15-16H,5-14H2,1-4H3. The fourth-order valence-corrected chi connectivity index (χ4v) is 2.49. The quantitative estimate of drug-likeness (QED) is 0.347. The van der Waals surface area contributed by atoms with Crippen LogP contribution in [0.1, 0.15) is 79.1 Å². The Balaban J connectivity index is 3.37. The van der Waals surface area contributed by atoms with Crippen LogP contribution >= 0.6 is 0 Å². The number of carbonyl (C=O) groups excluding carboxylic acids is 1. The van der Waals surface area contributed by atoms with E-state index in [0.29, 0.717) is 13.2 Å². The zero-order valence-electron chi connectivity index (χ0n) is 14.0. The normalized spacial score (nSPS) is 13.8. The van der Waals surface area contributed by atoms with E-state index in [1.165, 1.54) is 25.7 Å². The van der Waals surface area contributed by atoms with Crippen molar-refractivity contribution in [1.82, 2.24) is 0 Å². The van der Waals surface area contributed by atoms with Crippen LogP contribution in [-0.2, 0) is 9.47 Å². The molecule has 0 spiro atoms. The minimum absolute atomic E-state index is 0.485. The molecule has 0 saturated carbocycles. The van der Waals surface area contributed by atoms with Crippen LogP contribution in [0.15, 0.2) is 0 Å². The van der Waals surface area contributed by atoms with Crippen molar-refractivity contribution < 1.29 is 14.3 Å². The van der Waals surface area contributed by atoms with Gasteiger partial charge in [-0.1, -0.05) is 53.4 Å². The Morgan fingerprint density at radius 3 is 1.55 bits per heavy atom. The second kappa shape index (κ2) is 13.3. The Morgan fingerprint density at radius 1 is 0.800 bits per heavy atom. The van der Waals surface area contributed by atoms with Gasteiger partial charge in [0.1, 0.15) is 0 Å². The Morgan fingerprint density at radius 2 is 1.20 bits per heavy atom. The summed E-state index contributed by atoms with van der Waals surface area (Å²) in [5.41, 5.74) is 0. The van der Waals surface area contributed by atoms with Crippen LogP contribution < -0.4 is 0 Å². The smallest absolute Gasteiger partial charge is 0.434 e. The molecule has 2 atom stereocenters. The molecule has 0 heterocycles. The first-order valence-electron chi connectivity index (χ1n) is 8.39. The van der Waals surface area contributed by atoms with Gasteiger partial charge in [0, 0.05) is 0 Å². The molecule has 0 aromatic carbocycles. The zero-order valence-corrected chi connectivity index (χ0v) is 14.0. The van der Waals surface area contributed by atoms with Crippen molar-refractivity contribution >= 4 is 6.16 Å². The number of hydrogen-bond acceptors (Lipinski definition) is 3. The molecule has 0 aliphatic heterocycles. The molecule has 0 N–H and O–H groups in total. The van der Waals surface area contributed by atoms with Crippen LogP contribution in [-0.4, -0.2) is 19.4 Å². The van der Waals surface area contributed by atoms with Crippen molar-refractivity contribution in [3.05, 3.63) is 0 Å². The lowest BCUT2D eigenvalue weighted by atomic mass is 10.0. The van der Waals surface area contributed by atoms with E-state index in [4.69, 9.17) is 9.47 Å². The molecule has 0 aliphatic carbocycles. The fourth-order valence-electron chi connectivity index (χ4n) is 2.49. The van der Waals surface area contributed by atoms with Crippen molar-refractivity contribution in [1.29, 1.82) is 0 Å². The number of carbonyl (C=O) groups is 1. The average molecular weight is 286 g/mol. The van der Waals surface area contributed by atoms with Crippen molar-refractivity contribution in [2.24, 2.45) is 11.8 Å². The largest absolute Gasteiger partial charge is 0.508 e. The van der Waals surface area contributed by atoms with Crippen molar-refractivity contribution in [3.8, 4) is 0 Å². The van der Waals surface area contributed by atoms with Crippen molar-refractivity contribution in [2.75, 3.05) is 13.2 Å². The first kappa shape index (κ1) is 19.3. The highest BCUT2D eigenvalue weighted by atomic mass is 16.7. The number of hydrogen-bond donors (Lipinski definition) is 0. The van der Waals surface area contributed by atoms with Crippen LogP contribution in [0.25, 0.3) is 0 Å². The lowest BCUT2D eigenvalue weighted by Crippen LogP contribution is -2.10. The van der Waals surface area contributed by atoms with Gasteiger partial charge in [0.25, 0.3) is 0 Å². The molecule has 0 amide bonds. The van der Waals surface area contributed by atoms with Crippen molar-refractivity contribution in [2.45, 2.75) is 79.1 Å². The number of ether oxygens (including phenoxy) is 2. The molecule has 0 aromatic rings. The second-order valence-electron chi connectivity index (χ2n) is 6.02. The molecule has 3 heteroatoms. The molecule has 0 saturated heterocycles. The Bertz CT molecular complexity index is 206. The highest BCUT2D eigenvalue weighted by Crippen LogP contribution is 2.13. The molecular formula is C17H34O3. The molecule has 0 rings (SSSR count). The molecule has 2 unspecified atom stereocenters. The van der Waals surface area contributed by atoms with Crippen LogP contribution in [0.5, 0.6) is 0 Å². The van der Waals surface area contributed by atoms with Crippen LogP contribution in [0.2, 0.25) is 0 Å². The van der Waals surface area contributed by atoms with Gasteiger partial charge in [-0.05, 0) is 37.5 Å². The highest BCUT2D eigenvalue weighted by Gasteiger charge is 2.06. The lowest BCUT2D eigenvalue weighted by molar-refractivity contribution is 0.0515. The third kappa shape index (κ3) is 12.3. The summed E-state index contributed by atoms with van der Waals surface area (Å²) in [5, 5.41) is 0. The predicted octanol–water partition coefficient (Wildman–Crippen LogP) is 5.57. The van der Waals surface area contributed by atoms with E-state index in [2.05, 4.69) is 27.7 Å². The summed E-state index contributed by atoms with van der Waals surface area (Å²) >= 11 is 0. The van der Waals surface area contributed by atoms with E-state index in [-0.39, 0.29) is 0 Å². The van der Waals surface area contributed by atoms with Crippen LogP contribution in [0, 0.1) is 11.8 Å². The second-order valence-corrected chi connectivity index (χ2v) is 6.02. The fraction of sp³-hybridized carbons (Fsp3) is 0.941. The van der Waals surface area contributed by atoms with E-state index in [0.717, 1.165) is 37.5 Å². The van der Waals surface area contributed by atoms with Crippen molar-refractivity contribution in [3.63, 3.8) is 0 Å². The summed E-state index contributed by atoms with van der Waals surface area (Å²) in [7, 11) is 0. The minimum atomic E-state index is -0.503. The summed E-state index contributed by atoms with van der Waals surface area (Å²) < 4.78 is 10.1. The van der Waals surface area contributed by atoms with E-state index in [1.807, 2.05) is 0 Å². The lowest BCUT2D eigenvalue weighted by Gasteiger charge is -2.11. The molecule has 0 fully saturated rings. The molecule has 20 heavy (non-hydrogen) atoms. The molecular weight excluding hydrogens is 252 g/mol. The van der Waals surface area contributed by atoms with Gasteiger partial charge in [0.2, 0.25) is 0 Å².